The van der Waals surface area contributed by atoms with E-state index in [0.29, 0.717) is 0 Å². The van der Waals surface area contributed by atoms with Crippen molar-refractivity contribution in [3.8, 4) is 0 Å². The summed E-state index contributed by atoms with van der Waals surface area (Å²) >= 11 is 0. The van der Waals surface area contributed by atoms with Gasteiger partial charge in [-0.05, 0) is 31.1 Å². The molecular weight excluding hydrogens is 158 g/mol. The Bertz CT molecular complexity index is 337. The largest absolute Gasteiger partial charge is 0.356 e. The molecular formula is C12H15N. The third-order valence-corrected chi connectivity index (χ3v) is 1.95. The highest BCUT2D eigenvalue weighted by Crippen LogP contribution is 2.16. The van der Waals surface area contributed by atoms with E-state index in [-0.39, 0.29) is 0 Å². The molecule has 0 spiro atoms. The van der Waals surface area contributed by atoms with Crippen molar-refractivity contribution >= 4 is 5.69 Å². The van der Waals surface area contributed by atoms with Crippen molar-refractivity contribution in [3.05, 3.63) is 54.3 Å². The molecule has 0 unspecified atom stereocenters. The van der Waals surface area contributed by atoms with Gasteiger partial charge in [-0.15, -0.1) is 0 Å². The van der Waals surface area contributed by atoms with Crippen molar-refractivity contribution < 1.29 is 0 Å². The van der Waals surface area contributed by atoms with E-state index in [1.807, 2.05) is 25.1 Å². The van der Waals surface area contributed by atoms with E-state index in [1.54, 1.807) is 0 Å². The summed E-state index contributed by atoms with van der Waals surface area (Å²) in [6.45, 7) is 11.7. The van der Waals surface area contributed by atoms with E-state index in [9.17, 15) is 0 Å². The second-order valence-corrected chi connectivity index (χ2v) is 3.20. The first-order valence-electron chi connectivity index (χ1n) is 4.28. The summed E-state index contributed by atoms with van der Waals surface area (Å²) in [7, 11) is 0. The van der Waals surface area contributed by atoms with Crippen LogP contribution in [0.5, 0.6) is 0 Å². The van der Waals surface area contributed by atoms with Gasteiger partial charge in [0.2, 0.25) is 0 Å². The molecule has 0 bridgehead atoms. The SMILES string of the molecule is C=C(C)C(=C)Nc1ccccc1C. The fraction of sp³-hybridized carbons (Fsp3) is 0.167. The van der Waals surface area contributed by atoms with Gasteiger partial charge in [0.05, 0.1) is 0 Å². The third kappa shape index (κ3) is 2.48. The second kappa shape index (κ2) is 3.94. The number of benzene rings is 1. The van der Waals surface area contributed by atoms with E-state index < -0.39 is 0 Å². The van der Waals surface area contributed by atoms with Crippen LogP contribution in [0, 0.1) is 6.92 Å². The van der Waals surface area contributed by atoms with Crippen LogP contribution in [0.1, 0.15) is 12.5 Å². The second-order valence-electron chi connectivity index (χ2n) is 3.20. The van der Waals surface area contributed by atoms with Crippen LogP contribution >= 0.6 is 0 Å². The minimum Gasteiger partial charge on any atom is -0.356 e. The van der Waals surface area contributed by atoms with Gasteiger partial charge in [-0.25, -0.2) is 0 Å². The van der Waals surface area contributed by atoms with Crippen molar-refractivity contribution in [2.24, 2.45) is 0 Å². The zero-order chi connectivity index (χ0) is 9.84. The highest BCUT2D eigenvalue weighted by molar-refractivity contribution is 5.56. The van der Waals surface area contributed by atoms with E-state index in [2.05, 4.69) is 31.5 Å². The van der Waals surface area contributed by atoms with Crippen LogP contribution < -0.4 is 5.32 Å². The number of nitrogens with one attached hydrogen (secondary N) is 1. The van der Waals surface area contributed by atoms with Crippen LogP contribution in [0.15, 0.2) is 48.7 Å². The Balaban J connectivity index is 2.81. The molecule has 0 aliphatic heterocycles. The summed E-state index contributed by atoms with van der Waals surface area (Å²) in [4.78, 5) is 0. The Kier molecular flexibility index (Phi) is 2.91. The lowest BCUT2D eigenvalue weighted by Gasteiger charge is -2.11. The molecule has 1 nitrogen and oxygen atoms in total. The van der Waals surface area contributed by atoms with Crippen LogP contribution in [0.4, 0.5) is 5.69 Å². The van der Waals surface area contributed by atoms with E-state index in [1.165, 1.54) is 5.56 Å². The molecule has 1 rings (SSSR count). The Morgan fingerprint density at radius 1 is 1.23 bits per heavy atom. The van der Waals surface area contributed by atoms with Crippen LogP contribution in [-0.4, -0.2) is 0 Å². The molecule has 0 aromatic heterocycles. The average Bonchev–Trinajstić information content (AvgIpc) is 2.08. The zero-order valence-corrected chi connectivity index (χ0v) is 8.22. The third-order valence-electron chi connectivity index (χ3n) is 1.95. The van der Waals surface area contributed by atoms with Crippen LogP contribution in [-0.2, 0) is 0 Å². The Labute approximate surface area is 79.8 Å². The van der Waals surface area contributed by atoms with Crippen molar-refractivity contribution in [3.63, 3.8) is 0 Å². The lowest BCUT2D eigenvalue weighted by Crippen LogP contribution is -1.99. The molecule has 0 fully saturated rings. The number of hydrogen-bond acceptors (Lipinski definition) is 1. The first-order chi connectivity index (χ1) is 6.11. The molecule has 13 heavy (non-hydrogen) atoms. The summed E-state index contributed by atoms with van der Waals surface area (Å²) in [5, 5.41) is 3.22. The fourth-order valence-electron chi connectivity index (χ4n) is 0.982. The lowest BCUT2D eigenvalue weighted by molar-refractivity contribution is 1.34. The molecule has 68 valence electrons. The molecule has 1 aromatic carbocycles. The first kappa shape index (κ1) is 9.59. The normalized spacial score (nSPS) is 9.38. The van der Waals surface area contributed by atoms with E-state index in [4.69, 9.17) is 0 Å². The average molecular weight is 173 g/mol. The quantitative estimate of drug-likeness (QED) is 0.690. The molecule has 0 amide bonds. The summed E-state index contributed by atoms with van der Waals surface area (Å²) in [5.41, 5.74) is 4.14. The maximum absolute atomic E-state index is 3.88. The predicted octanol–water partition coefficient (Wildman–Crippen LogP) is 3.50. The minimum atomic E-state index is 0.870. The lowest BCUT2D eigenvalue weighted by atomic mass is 10.2. The summed E-state index contributed by atoms with van der Waals surface area (Å²) in [6.07, 6.45) is 0. The maximum Gasteiger partial charge on any atom is 0.0413 e. The number of anilines is 1. The standard InChI is InChI=1S/C12H15N/c1-9(2)11(4)13-12-8-6-5-7-10(12)3/h5-8,13H,1,4H2,2-3H3. The number of aryl methyl sites for hydroxylation is 1. The van der Waals surface area contributed by atoms with Crippen molar-refractivity contribution in [2.45, 2.75) is 13.8 Å². The number of rotatable bonds is 3. The smallest absolute Gasteiger partial charge is 0.0413 e. The van der Waals surface area contributed by atoms with Gasteiger partial charge in [0.25, 0.3) is 0 Å². The molecule has 0 radical (unpaired) electrons. The van der Waals surface area contributed by atoms with Crippen molar-refractivity contribution in [1.29, 1.82) is 0 Å². The number of allylic oxidation sites excluding steroid dienone is 1. The molecule has 0 saturated heterocycles. The highest BCUT2D eigenvalue weighted by atomic mass is 14.9. The molecule has 0 aliphatic carbocycles. The minimum absolute atomic E-state index is 0.870. The van der Waals surface area contributed by atoms with Crippen LogP contribution in [0.25, 0.3) is 0 Å². The molecule has 1 aromatic rings. The van der Waals surface area contributed by atoms with Crippen LogP contribution in [0.2, 0.25) is 0 Å². The van der Waals surface area contributed by atoms with Gasteiger partial charge >= 0.3 is 0 Å². The molecule has 1 heteroatoms. The van der Waals surface area contributed by atoms with Crippen molar-refractivity contribution in [2.75, 3.05) is 5.32 Å². The molecule has 0 aliphatic rings. The van der Waals surface area contributed by atoms with Crippen molar-refractivity contribution in [1.82, 2.24) is 0 Å². The number of para-hydroxylation sites is 1. The van der Waals surface area contributed by atoms with Gasteiger partial charge in [-0.2, -0.15) is 0 Å². The van der Waals surface area contributed by atoms with E-state index >= 15 is 0 Å². The maximum atomic E-state index is 3.88. The Morgan fingerprint density at radius 3 is 2.38 bits per heavy atom. The van der Waals surface area contributed by atoms with Gasteiger partial charge in [-0.3, -0.25) is 0 Å². The first-order valence-corrected chi connectivity index (χ1v) is 4.28. The Morgan fingerprint density at radius 2 is 1.85 bits per heavy atom. The zero-order valence-electron chi connectivity index (χ0n) is 8.22. The number of hydrogen-bond donors (Lipinski definition) is 1. The molecule has 0 saturated carbocycles. The summed E-state index contributed by atoms with van der Waals surface area (Å²) < 4.78 is 0. The summed E-state index contributed by atoms with van der Waals surface area (Å²) in [5.74, 6) is 0. The molecule has 1 N–H and O–H groups in total. The van der Waals surface area contributed by atoms with Gasteiger partial charge in [0.15, 0.2) is 0 Å². The fourth-order valence-corrected chi connectivity index (χ4v) is 0.982. The molecule has 0 heterocycles. The highest BCUT2D eigenvalue weighted by Gasteiger charge is 1.97. The van der Waals surface area contributed by atoms with Gasteiger partial charge in [0, 0.05) is 11.4 Å². The Hall–Kier alpha value is -1.50. The predicted molar refractivity (Wildman–Crippen MR) is 58.8 cm³/mol. The van der Waals surface area contributed by atoms with Gasteiger partial charge in [-0.1, -0.05) is 31.4 Å². The van der Waals surface area contributed by atoms with E-state index in [0.717, 1.165) is 17.0 Å². The monoisotopic (exact) mass is 173 g/mol. The molecule has 0 atom stereocenters. The van der Waals surface area contributed by atoms with Crippen LogP contribution in [0.3, 0.4) is 0 Å². The summed E-state index contributed by atoms with van der Waals surface area (Å²) in [6, 6.07) is 8.11. The van der Waals surface area contributed by atoms with Gasteiger partial charge in [0.1, 0.15) is 0 Å². The van der Waals surface area contributed by atoms with Gasteiger partial charge < -0.3 is 5.32 Å². The topological polar surface area (TPSA) is 12.0 Å².